The SMILES string of the molecule is CC1(F)CN(CCc2nc3c4ccc5c(c4nc(N)n3n2)OC(F)(F)O5)C1. The predicted octanol–water partition coefficient (Wildman–Crippen LogP) is 1.77. The fourth-order valence-corrected chi connectivity index (χ4v) is 3.55. The van der Waals surface area contributed by atoms with Crippen molar-refractivity contribution in [1.82, 2.24) is 24.5 Å². The number of aromatic nitrogens is 4. The zero-order chi connectivity index (χ0) is 19.0. The molecule has 1 saturated heterocycles. The zero-order valence-electron chi connectivity index (χ0n) is 14.2. The second kappa shape index (κ2) is 5.12. The number of fused-ring (bicyclic) bond motifs is 5. The van der Waals surface area contributed by atoms with E-state index in [-0.39, 0.29) is 23.0 Å². The highest BCUT2D eigenvalue weighted by Gasteiger charge is 2.45. The summed E-state index contributed by atoms with van der Waals surface area (Å²) in [4.78, 5) is 10.6. The van der Waals surface area contributed by atoms with Crippen LogP contribution in [0.4, 0.5) is 19.1 Å². The van der Waals surface area contributed by atoms with E-state index < -0.39 is 12.0 Å². The van der Waals surface area contributed by atoms with Crippen LogP contribution in [0.1, 0.15) is 12.7 Å². The normalized spacial score (nSPS) is 20.3. The number of hydrogen-bond acceptors (Lipinski definition) is 7. The van der Waals surface area contributed by atoms with Gasteiger partial charge in [0.2, 0.25) is 5.95 Å². The summed E-state index contributed by atoms with van der Waals surface area (Å²) in [5.41, 5.74) is 5.31. The van der Waals surface area contributed by atoms with Crippen LogP contribution in [-0.4, -0.2) is 56.1 Å². The molecule has 8 nitrogen and oxygen atoms in total. The first-order valence-corrected chi connectivity index (χ1v) is 8.36. The molecule has 27 heavy (non-hydrogen) atoms. The molecule has 0 radical (unpaired) electrons. The standard InChI is InChI=1S/C16H15F3N6O2/c1-15(17)6-24(7-15)5-4-10-21-13-8-2-3-9-12(27-16(18,19)26-9)11(8)22-14(20)25(13)23-10/h2-3H,4-7H2,1H3,(H2,20,22). The van der Waals surface area contributed by atoms with Gasteiger partial charge >= 0.3 is 6.29 Å². The number of halogens is 3. The lowest BCUT2D eigenvalue weighted by Gasteiger charge is -2.42. The molecule has 1 aromatic carbocycles. The van der Waals surface area contributed by atoms with Crippen LogP contribution in [0.5, 0.6) is 11.5 Å². The number of likely N-dealkylation sites (tertiary alicyclic amines) is 1. The number of benzene rings is 1. The van der Waals surface area contributed by atoms with Crippen molar-refractivity contribution in [3.8, 4) is 11.5 Å². The lowest BCUT2D eigenvalue weighted by Crippen LogP contribution is -2.57. The van der Waals surface area contributed by atoms with E-state index in [2.05, 4.69) is 24.5 Å². The van der Waals surface area contributed by atoms with Crippen LogP contribution in [0, 0.1) is 0 Å². The van der Waals surface area contributed by atoms with Gasteiger partial charge in [0.15, 0.2) is 23.0 Å². The lowest BCUT2D eigenvalue weighted by molar-refractivity contribution is -0.286. The van der Waals surface area contributed by atoms with E-state index in [9.17, 15) is 13.2 Å². The maximum absolute atomic E-state index is 13.6. The maximum atomic E-state index is 13.6. The Kier molecular flexibility index (Phi) is 3.10. The van der Waals surface area contributed by atoms with E-state index in [1.807, 2.05) is 4.90 Å². The van der Waals surface area contributed by atoms with E-state index in [1.165, 1.54) is 10.6 Å². The number of nitrogens with zero attached hydrogens (tertiary/aromatic N) is 5. The van der Waals surface area contributed by atoms with E-state index in [0.29, 0.717) is 42.9 Å². The number of alkyl halides is 3. The van der Waals surface area contributed by atoms with Gasteiger partial charge in [0.25, 0.3) is 0 Å². The van der Waals surface area contributed by atoms with Crippen molar-refractivity contribution in [1.29, 1.82) is 0 Å². The minimum Gasteiger partial charge on any atom is -0.395 e. The Morgan fingerprint density at radius 1 is 1.19 bits per heavy atom. The number of rotatable bonds is 3. The van der Waals surface area contributed by atoms with Crippen LogP contribution >= 0.6 is 0 Å². The molecule has 0 bridgehead atoms. The number of hydrogen-bond donors (Lipinski definition) is 1. The van der Waals surface area contributed by atoms with Crippen LogP contribution in [0.15, 0.2) is 12.1 Å². The average Bonchev–Trinajstić information content (AvgIpc) is 3.11. The summed E-state index contributed by atoms with van der Waals surface area (Å²) in [7, 11) is 0. The van der Waals surface area contributed by atoms with Crippen LogP contribution in [0.3, 0.4) is 0 Å². The summed E-state index contributed by atoms with van der Waals surface area (Å²) in [6.45, 7) is 2.94. The average molecular weight is 380 g/mol. The Bertz CT molecular complexity index is 1080. The molecule has 0 spiro atoms. The van der Waals surface area contributed by atoms with Crippen molar-refractivity contribution >= 4 is 22.5 Å². The van der Waals surface area contributed by atoms with Crippen molar-refractivity contribution < 1.29 is 22.6 Å². The molecule has 4 heterocycles. The van der Waals surface area contributed by atoms with Gasteiger partial charge in [0, 0.05) is 31.4 Å². The quantitative estimate of drug-likeness (QED) is 0.740. The van der Waals surface area contributed by atoms with Gasteiger partial charge < -0.3 is 15.2 Å². The molecule has 2 aromatic heterocycles. The molecule has 0 atom stereocenters. The number of nitrogen functional groups attached to an aromatic ring is 1. The minimum absolute atomic E-state index is 0.0104. The van der Waals surface area contributed by atoms with Gasteiger partial charge in [-0.2, -0.15) is 4.52 Å². The van der Waals surface area contributed by atoms with Gasteiger partial charge in [-0.05, 0) is 19.1 Å². The minimum atomic E-state index is -3.75. The summed E-state index contributed by atoms with van der Waals surface area (Å²) in [6.07, 6.45) is -3.25. The first kappa shape index (κ1) is 16.4. The lowest BCUT2D eigenvalue weighted by atomic mass is 9.99. The predicted molar refractivity (Wildman–Crippen MR) is 88.6 cm³/mol. The summed E-state index contributed by atoms with van der Waals surface area (Å²) in [5, 5.41) is 4.79. The molecule has 142 valence electrons. The van der Waals surface area contributed by atoms with Crippen molar-refractivity contribution in [3.63, 3.8) is 0 Å². The molecule has 0 saturated carbocycles. The van der Waals surface area contributed by atoms with Crippen LogP contribution in [0.2, 0.25) is 0 Å². The van der Waals surface area contributed by atoms with Gasteiger partial charge in [0.1, 0.15) is 11.2 Å². The maximum Gasteiger partial charge on any atom is 0.586 e. The molecule has 3 aromatic rings. The van der Waals surface area contributed by atoms with Crippen LogP contribution in [0.25, 0.3) is 16.6 Å². The topological polar surface area (TPSA) is 90.8 Å². The molecule has 2 aliphatic rings. The Labute approximate surface area is 150 Å². The van der Waals surface area contributed by atoms with Gasteiger partial charge in [-0.3, -0.25) is 4.90 Å². The van der Waals surface area contributed by atoms with Crippen molar-refractivity contribution in [2.75, 3.05) is 25.4 Å². The second-order valence-corrected chi connectivity index (χ2v) is 7.06. The summed E-state index contributed by atoms with van der Waals surface area (Å²) >= 11 is 0. The molecular weight excluding hydrogens is 365 g/mol. The summed E-state index contributed by atoms with van der Waals surface area (Å²) < 4.78 is 50.7. The van der Waals surface area contributed by atoms with Gasteiger partial charge in [0.05, 0.1) is 0 Å². The highest BCUT2D eigenvalue weighted by molar-refractivity contribution is 5.97. The third-order valence-electron chi connectivity index (χ3n) is 4.64. The van der Waals surface area contributed by atoms with Crippen LogP contribution < -0.4 is 15.2 Å². The molecule has 2 aliphatic heterocycles. The molecule has 2 N–H and O–H groups in total. The molecule has 0 unspecified atom stereocenters. The molecule has 0 aliphatic carbocycles. The van der Waals surface area contributed by atoms with Gasteiger partial charge in [-0.25, -0.2) is 14.4 Å². The van der Waals surface area contributed by atoms with Crippen molar-refractivity contribution in [2.45, 2.75) is 25.3 Å². The zero-order valence-corrected chi connectivity index (χ0v) is 14.2. The fraction of sp³-hybridized carbons (Fsp3) is 0.438. The Morgan fingerprint density at radius 2 is 1.96 bits per heavy atom. The summed E-state index contributed by atoms with van der Waals surface area (Å²) in [6, 6.07) is 2.93. The van der Waals surface area contributed by atoms with Crippen molar-refractivity contribution in [3.05, 3.63) is 18.0 Å². The van der Waals surface area contributed by atoms with E-state index in [1.54, 1.807) is 13.0 Å². The Morgan fingerprint density at radius 3 is 2.70 bits per heavy atom. The second-order valence-electron chi connectivity index (χ2n) is 7.06. The van der Waals surface area contributed by atoms with Gasteiger partial charge in [-0.1, -0.05) is 0 Å². The third-order valence-corrected chi connectivity index (χ3v) is 4.64. The molecular formula is C16H15F3N6O2. The largest absolute Gasteiger partial charge is 0.586 e. The Balaban J connectivity index is 1.51. The summed E-state index contributed by atoms with van der Waals surface area (Å²) in [5.74, 6) is 0.199. The molecule has 1 fully saturated rings. The number of nitrogens with two attached hydrogens (primary N) is 1. The molecule has 11 heteroatoms. The van der Waals surface area contributed by atoms with E-state index in [0.717, 1.165) is 0 Å². The number of ether oxygens (including phenoxy) is 2. The monoisotopic (exact) mass is 380 g/mol. The fourth-order valence-electron chi connectivity index (χ4n) is 3.55. The smallest absolute Gasteiger partial charge is 0.395 e. The molecule has 5 rings (SSSR count). The molecule has 0 amide bonds. The first-order chi connectivity index (χ1) is 12.7. The van der Waals surface area contributed by atoms with E-state index >= 15 is 0 Å². The number of anilines is 1. The van der Waals surface area contributed by atoms with Crippen LogP contribution in [-0.2, 0) is 6.42 Å². The van der Waals surface area contributed by atoms with E-state index in [4.69, 9.17) is 5.73 Å². The van der Waals surface area contributed by atoms with Gasteiger partial charge in [-0.15, -0.1) is 13.9 Å². The first-order valence-electron chi connectivity index (χ1n) is 8.36. The highest BCUT2D eigenvalue weighted by Crippen LogP contribution is 2.45. The van der Waals surface area contributed by atoms with Crippen molar-refractivity contribution in [2.24, 2.45) is 0 Å². The Hall–Kier alpha value is -2.82. The highest BCUT2D eigenvalue weighted by atomic mass is 19.3. The third kappa shape index (κ3) is 2.60.